The van der Waals surface area contributed by atoms with Crippen molar-refractivity contribution in [3.05, 3.63) is 0 Å². The van der Waals surface area contributed by atoms with Crippen LogP contribution < -0.4 is 10.6 Å². The zero-order chi connectivity index (χ0) is 12.7. The third kappa shape index (κ3) is 4.73. The van der Waals surface area contributed by atoms with Gasteiger partial charge in [-0.15, -0.1) is 0 Å². The lowest BCUT2D eigenvalue weighted by Crippen LogP contribution is -2.51. The van der Waals surface area contributed by atoms with Crippen LogP contribution in [0.1, 0.15) is 39.5 Å². The second-order valence-corrected chi connectivity index (χ2v) is 4.30. The van der Waals surface area contributed by atoms with E-state index in [-0.39, 0.29) is 24.0 Å². The van der Waals surface area contributed by atoms with Gasteiger partial charge in [0.05, 0.1) is 6.61 Å². The molecule has 1 rings (SSSR count). The molecule has 5 nitrogen and oxygen atoms in total. The second-order valence-electron chi connectivity index (χ2n) is 4.30. The molecule has 0 aromatic carbocycles. The van der Waals surface area contributed by atoms with Gasteiger partial charge in [-0.1, -0.05) is 13.3 Å². The molecular formula is C12H22N2O3. The summed E-state index contributed by atoms with van der Waals surface area (Å²) >= 11 is 0. The Morgan fingerprint density at radius 2 is 2.35 bits per heavy atom. The number of carbonyl (C=O) groups is 2. The van der Waals surface area contributed by atoms with E-state index in [1.165, 1.54) is 0 Å². The average Bonchev–Trinajstić information content (AvgIpc) is 2.31. The molecule has 0 bridgehead atoms. The molecular weight excluding hydrogens is 220 g/mol. The van der Waals surface area contributed by atoms with E-state index in [0.29, 0.717) is 19.6 Å². The van der Waals surface area contributed by atoms with Crippen LogP contribution in [0.4, 0.5) is 0 Å². The first-order chi connectivity index (χ1) is 8.17. The molecule has 1 fully saturated rings. The van der Waals surface area contributed by atoms with Gasteiger partial charge in [0, 0.05) is 19.0 Å². The van der Waals surface area contributed by atoms with Gasteiger partial charge in [0.2, 0.25) is 5.91 Å². The Kier molecular flexibility index (Phi) is 5.97. The Bertz CT molecular complexity index is 258. The number of rotatable bonds is 6. The lowest BCUT2D eigenvalue weighted by atomic mass is 10.0. The fourth-order valence-corrected chi connectivity index (χ4v) is 1.96. The first kappa shape index (κ1) is 14.0. The number of nitrogens with one attached hydrogen (secondary N) is 2. The van der Waals surface area contributed by atoms with Crippen molar-refractivity contribution in [3.8, 4) is 0 Å². The Hall–Kier alpha value is -1.10. The minimum absolute atomic E-state index is 0.0891. The summed E-state index contributed by atoms with van der Waals surface area (Å²) in [6, 6.07) is -0.0754. The Balaban J connectivity index is 2.42. The van der Waals surface area contributed by atoms with E-state index in [1.807, 2.05) is 13.8 Å². The highest BCUT2D eigenvalue weighted by Crippen LogP contribution is 2.07. The minimum atomic E-state index is -0.250. The van der Waals surface area contributed by atoms with Gasteiger partial charge >= 0.3 is 5.97 Å². The second kappa shape index (κ2) is 7.27. The van der Waals surface area contributed by atoms with Gasteiger partial charge in [-0.25, -0.2) is 0 Å². The van der Waals surface area contributed by atoms with Crippen molar-refractivity contribution in [1.82, 2.24) is 10.6 Å². The molecule has 2 unspecified atom stereocenters. The molecule has 0 saturated carbocycles. The maximum atomic E-state index is 11.7. The largest absolute Gasteiger partial charge is 0.465 e. The topological polar surface area (TPSA) is 67.4 Å². The zero-order valence-corrected chi connectivity index (χ0v) is 10.6. The van der Waals surface area contributed by atoms with Crippen molar-refractivity contribution in [3.63, 3.8) is 0 Å². The number of ether oxygens (including phenoxy) is 1. The molecule has 1 aliphatic heterocycles. The van der Waals surface area contributed by atoms with Crippen LogP contribution in [0.15, 0.2) is 0 Å². The highest BCUT2D eigenvalue weighted by molar-refractivity contribution is 5.77. The quantitative estimate of drug-likeness (QED) is 0.669. The third-order valence-corrected chi connectivity index (χ3v) is 2.85. The fourth-order valence-electron chi connectivity index (χ4n) is 1.96. The molecule has 17 heavy (non-hydrogen) atoms. The normalized spacial score (nSPS) is 21.8. The number of esters is 1. The molecule has 98 valence electrons. The van der Waals surface area contributed by atoms with Crippen LogP contribution in [-0.4, -0.2) is 37.1 Å². The van der Waals surface area contributed by atoms with Crippen molar-refractivity contribution < 1.29 is 14.3 Å². The van der Waals surface area contributed by atoms with Crippen molar-refractivity contribution in [1.29, 1.82) is 0 Å². The molecule has 5 heteroatoms. The predicted octanol–water partition coefficient (Wildman–Crippen LogP) is 0.586. The first-order valence-electron chi connectivity index (χ1n) is 6.36. The van der Waals surface area contributed by atoms with Crippen molar-refractivity contribution in [2.75, 3.05) is 13.2 Å². The van der Waals surface area contributed by atoms with Gasteiger partial charge in [-0.2, -0.15) is 0 Å². The molecule has 2 N–H and O–H groups in total. The first-order valence-corrected chi connectivity index (χ1v) is 6.36. The van der Waals surface area contributed by atoms with Gasteiger partial charge < -0.3 is 10.1 Å². The number of amides is 1. The smallest absolute Gasteiger partial charge is 0.323 e. The molecule has 0 aromatic rings. The van der Waals surface area contributed by atoms with E-state index in [0.717, 1.165) is 19.3 Å². The molecule has 1 saturated heterocycles. The van der Waals surface area contributed by atoms with Gasteiger partial charge in [0.15, 0.2) is 0 Å². The van der Waals surface area contributed by atoms with Gasteiger partial charge in [-0.3, -0.25) is 14.9 Å². The van der Waals surface area contributed by atoms with Gasteiger partial charge in [-0.05, 0) is 19.8 Å². The standard InChI is InChI=1S/C12H22N2O3/c1-3-5-10(12(16)17-4-2)14-9-6-7-11(15)13-8-9/h9-10,14H,3-8H2,1-2H3,(H,13,15). The van der Waals surface area contributed by atoms with Gasteiger partial charge in [0.1, 0.15) is 6.04 Å². The number of piperidine rings is 1. The van der Waals surface area contributed by atoms with Crippen LogP contribution in [0.5, 0.6) is 0 Å². The van der Waals surface area contributed by atoms with E-state index < -0.39 is 0 Å². The van der Waals surface area contributed by atoms with Crippen LogP contribution in [-0.2, 0) is 14.3 Å². The maximum absolute atomic E-state index is 11.7. The summed E-state index contributed by atoms with van der Waals surface area (Å²) in [7, 11) is 0. The third-order valence-electron chi connectivity index (χ3n) is 2.85. The summed E-state index contributed by atoms with van der Waals surface area (Å²) in [5.74, 6) is -0.0996. The minimum Gasteiger partial charge on any atom is -0.465 e. The molecule has 0 aliphatic carbocycles. The molecule has 1 aliphatic rings. The van der Waals surface area contributed by atoms with Crippen LogP contribution in [0.25, 0.3) is 0 Å². The molecule has 2 atom stereocenters. The number of hydrogen-bond acceptors (Lipinski definition) is 4. The summed E-state index contributed by atoms with van der Waals surface area (Å²) in [5.41, 5.74) is 0. The number of carbonyl (C=O) groups excluding carboxylic acids is 2. The monoisotopic (exact) mass is 242 g/mol. The summed E-state index contributed by atoms with van der Waals surface area (Å²) in [5, 5.41) is 6.07. The van der Waals surface area contributed by atoms with Crippen molar-refractivity contribution >= 4 is 11.9 Å². The van der Waals surface area contributed by atoms with Crippen LogP contribution in [0.2, 0.25) is 0 Å². The van der Waals surface area contributed by atoms with E-state index in [9.17, 15) is 9.59 Å². The van der Waals surface area contributed by atoms with E-state index in [4.69, 9.17) is 4.74 Å². The average molecular weight is 242 g/mol. The molecule has 1 amide bonds. The maximum Gasteiger partial charge on any atom is 0.323 e. The molecule has 0 aromatic heterocycles. The highest BCUT2D eigenvalue weighted by Gasteiger charge is 2.25. The van der Waals surface area contributed by atoms with E-state index in [2.05, 4.69) is 10.6 Å². The SMILES string of the molecule is CCCC(NC1CCC(=O)NC1)C(=O)OCC. The molecule has 1 heterocycles. The van der Waals surface area contributed by atoms with Gasteiger partial charge in [0.25, 0.3) is 0 Å². The van der Waals surface area contributed by atoms with Crippen LogP contribution in [0, 0.1) is 0 Å². The summed E-state index contributed by atoms with van der Waals surface area (Å²) in [6.45, 7) is 4.85. The lowest BCUT2D eigenvalue weighted by Gasteiger charge is -2.27. The summed E-state index contributed by atoms with van der Waals surface area (Å²) < 4.78 is 5.03. The summed E-state index contributed by atoms with van der Waals surface area (Å²) in [4.78, 5) is 22.7. The van der Waals surface area contributed by atoms with E-state index >= 15 is 0 Å². The predicted molar refractivity (Wildman–Crippen MR) is 64.5 cm³/mol. The zero-order valence-electron chi connectivity index (χ0n) is 10.6. The van der Waals surface area contributed by atoms with Crippen molar-refractivity contribution in [2.24, 2.45) is 0 Å². The molecule has 0 radical (unpaired) electrons. The summed E-state index contributed by atoms with van der Waals surface area (Å²) in [6.07, 6.45) is 3.00. The Morgan fingerprint density at radius 3 is 2.88 bits per heavy atom. The molecule has 0 spiro atoms. The van der Waals surface area contributed by atoms with Crippen molar-refractivity contribution in [2.45, 2.75) is 51.6 Å². The lowest BCUT2D eigenvalue weighted by molar-refractivity contribution is -0.146. The van der Waals surface area contributed by atoms with Crippen LogP contribution >= 0.6 is 0 Å². The highest BCUT2D eigenvalue weighted by atomic mass is 16.5. The fraction of sp³-hybridized carbons (Fsp3) is 0.833. The van der Waals surface area contributed by atoms with Crippen LogP contribution in [0.3, 0.4) is 0 Å². The Labute approximate surface area is 102 Å². The number of hydrogen-bond donors (Lipinski definition) is 2. The van der Waals surface area contributed by atoms with E-state index in [1.54, 1.807) is 0 Å². The Morgan fingerprint density at radius 1 is 1.59 bits per heavy atom.